The molecule has 0 aliphatic heterocycles. The lowest BCUT2D eigenvalue weighted by molar-refractivity contribution is 1.29. The molecule has 0 heterocycles. The van der Waals surface area contributed by atoms with E-state index in [1.54, 1.807) is 0 Å². The average molecular weight is 893 g/mol. The fourth-order valence-electron chi connectivity index (χ4n) is 10.3. The summed E-state index contributed by atoms with van der Waals surface area (Å²) in [6.45, 7) is 3.89. The van der Waals surface area contributed by atoms with Gasteiger partial charge in [0.15, 0.2) is 0 Å². The first-order valence-corrected chi connectivity index (χ1v) is 23.9. The van der Waals surface area contributed by atoms with Gasteiger partial charge in [-0.05, 0) is 165 Å². The Morgan fingerprint density at radius 3 is 1.40 bits per heavy atom. The number of rotatable bonds is 8. The number of hydrogen-bond donors (Lipinski definition) is 1. The van der Waals surface area contributed by atoms with E-state index in [0.29, 0.717) is 0 Å². The molecule has 330 valence electrons. The molecule has 13 aromatic rings. The lowest BCUT2D eigenvalue weighted by Crippen LogP contribution is -2.09. The molecule has 13 rings (SSSR count). The third kappa shape index (κ3) is 7.98. The monoisotopic (exact) mass is 892 g/mol. The molecule has 2 nitrogen and oxygen atoms in total. The summed E-state index contributed by atoms with van der Waals surface area (Å²) in [5.41, 5.74) is 11.5. The van der Waals surface area contributed by atoms with Gasteiger partial charge in [0.25, 0.3) is 0 Å². The van der Waals surface area contributed by atoms with Crippen LogP contribution in [0, 0.1) is 0 Å². The van der Waals surface area contributed by atoms with Crippen LogP contribution in [0.1, 0.15) is 5.56 Å². The molecule has 0 aliphatic rings. The molecule has 0 atom stereocenters. The molecule has 0 saturated carbocycles. The molecule has 0 unspecified atom stereocenters. The fourth-order valence-corrected chi connectivity index (χ4v) is 10.3. The number of nitrogens with zero attached hydrogens (tertiary/aromatic N) is 1. The summed E-state index contributed by atoms with van der Waals surface area (Å²) in [7, 11) is 0. The summed E-state index contributed by atoms with van der Waals surface area (Å²) >= 11 is 0. The van der Waals surface area contributed by atoms with E-state index >= 15 is 0 Å². The second-order valence-corrected chi connectivity index (χ2v) is 17.8. The highest BCUT2D eigenvalue weighted by atomic mass is 15.1. The standard InChI is InChI=1S/C52H36N2.C16H12/c1-4-18-42(19-5-1)53-43-28-30-47-49(34-43)51(40-26-24-36-14-10-12-16-38(36)32-40)48-31-29-46(54(44-20-6-2-7-21-44)45-22-8-3-9-23-45)35-50(48)52(47)41-27-25-37-15-11-13-17-39(37)33-41;1-2-12-7-5-8-14-11-10-13-6-3-4-9-15(13)16(12)14/h1-35,53H;2-11H,1H2. The predicted molar refractivity (Wildman–Crippen MR) is 303 cm³/mol. The Morgan fingerprint density at radius 1 is 0.300 bits per heavy atom. The number of benzene rings is 13. The van der Waals surface area contributed by atoms with Gasteiger partial charge in [-0.3, -0.25) is 0 Å². The SMILES string of the molecule is C=Cc1cccc2ccc3ccccc3c12.c1ccc(Nc2ccc3c(-c4ccc5ccccc5c4)c4cc(N(c5ccccc5)c5ccccc5)ccc4c(-c4ccc5ccccc5c4)c3c2)cc1. The lowest BCUT2D eigenvalue weighted by Gasteiger charge is -2.27. The number of fused-ring (bicyclic) bond motifs is 7. The van der Waals surface area contributed by atoms with Gasteiger partial charge in [-0.25, -0.2) is 0 Å². The molecular weight excluding hydrogens is 845 g/mol. The fraction of sp³-hybridized carbons (Fsp3) is 0. The summed E-state index contributed by atoms with van der Waals surface area (Å²) in [5.74, 6) is 0. The zero-order valence-electron chi connectivity index (χ0n) is 38.6. The van der Waals surface area contributed by atoms with Crippen LogP contribution < -0.4 is 10.2 Å². The Balaban J connectivity index is 0.000000266. The summed E-state index contributed by atoms with van der Waals surface area (Å²) in [4.78, 5) is 2.36. The number of anilines is 5. The van der Waals surface area contributed by atoms with Crippen LogP contribution in [0.15, 0.2) is 273 Å². The van der Waals surface area contributed by atoms with Crippen molar-refractivity contribution in [1.82, 2.24) is 0 Å². The maximum absolute atomic E-state index is 3.89. The molecule has 1 N–H and O–H groups in total. The minimum Gasteiger partial charge on any atom is -0.356 e. The third-order valence-corrected chi connectivity index (χ3v) is 13.5. The van der Waals surface area contributed by atoms with E-state index < -0.39 is 0 Å². The van der Waals surface area contributed by atoms with Crippen molar-refractivity contribution in [1.29, 1.82) is 0 Å². The quantitative estimate of drug-likeness (QED) is 0.121. The Kier molecular flexibility index (Phi) is 11.1. The molecule has 0 saturated heterocycles. The summed E-state index contributed by atoms with van der Waals surface area (Å²) in [6.07, 6.45) is 1.93. The zero-order chi connectivity index (χ0) is 46.8. The highest BCUT2D eigenvalue weighted by Crippen LogP contribution is 2.48. The molecular formula is C68H48N2. The largest absolute Gasteiger partial charge is 0.356 e. The molecule has 0 aromatic heterocycles. The van der Waals surface area contributed by atoms with Gasteiger partial charge in [0.2, 0.25) is 0 Å². The maximum atomic E-state index is 3.89. The first-order chi connectivity index (χ1) is 34.7. The smallest absolute Gasteiger partial charge is 0.0468 e. The minimum atomic E-state index is 1.05. The molecule has 2 heteroatoms. The first kappa shape index (κ1) is 42.1. The first-order valence-electron chi connectivity index (χ1n) is 23.9. The second-order valence-electron chi connectivity index (χ2n) is 17.8. The predicted octanol–water partition coefficient (Wildman–Crippen LogP) is 19.5. The molecule has 0 radical (unpaired) electrons. The van der Waals surface area contributed by atoms with Gasteiger partial charge in [0.05, 0.1) is 0 Å². The van der Waals surface area contributed by atoms with Crippen molar-refractivity contribution in [3.63, 3.8) is 0 Å². The van der Waals surface area contributed by atoms with Crippen molar-refractivity contribution in [3.05, 3.63) is 279 Å². The van der Waals surface area contributed by atoms with Crippen LogP contribution in [0.25, 0.3) is 93.0 Å². The van der Waals surface area contributed by atoms with Gasteiger partial charge in [-0.2, -0.15) is 0 Å². The van der Waals surface area contributed by atoms with Gasteiger partial charge in [-0.15, -0.1) is 0 Å². The van der Waals surface area contributed by atoms with Crippen molar-refractivity contribution >= 4 is 99.1 Å². The van der Waals surface area contributed by atoms with E-state index in [9.17, 15) is 0 Å². The highest BCUT2D eigenvalue weighted by molar-refractivity contribution is 6.23. The Hall–Kier alpha value is -9.24. The molecule has 0 fully saturated rings. The lowest BCUT2D eigenvalue weighted by atomic mass is 9.84. The van der Waals surface area contributed by atoms with Crippen molar-refractivity contribution in [2.45, 2.75) is 0 Å². The van der Waals surface area contributed by atoms with E-state index in [2.05, 4.69) is 284 Å². The second kappa shape index (κ2) is 18.4. The van der Waals surface area contributed by atoms with Crippen molar-refractivity contribution < 1.29 is 0 Å². The van der Waals surface area contributed by atoms with E-state index in [1.165, 1.54) is 92.5 Å². The molecule has 0 bridgehead atoms. The highest BCUT2D eigenvalue weighted by Gasteiger charge is 2.21. The van der Waals surface area contributed by atoms with Crippen molar-refractivity contribution in [3.8, 4) is 22.3 Å². The number of nitrogens with one attached hydrogen (secondary N) is 1. The normalized spacial score (nSPS) is 11.2. The molecule has 0 spiro atoms. The van der Waals surface area contributed by atoms with Gasteiger partial charge in [-0.1, -0.05) is 207 Å². The van der Waals surface area contributed by atoms with E-state index in [4.69, 9.17) is 0 Å². The number of hydrogen-bond acceptors (Lipinski definition) is 2. The van der Waals surface area contributed by atoms with Gasteiger partial charge in [0, 0.05) is 28.4 Å². The summed E-state index contributed by atoms with van der Waals surface area (Å²) in [5, 5.41) is 18.6. The van der Waals surface area contributed by atoms with Crippen LogP contribution in [0.4, 0.5) is 28.4 Å². The minimum absolute atomic E-state index is 1.05. The maximum Gasteiger partial charge on any atom is 0.0468 e. The zero-order valence-corrected chi connectivity index (χ0v) is 38.6. The van der Waals surface area contributed by atoms with Crippen LogP contribution in [-0.2, 0) is 0 Å². The Labute approximate surface area is 408 Å². The Bertz CT molecular complexity index is 4010. The van der Waals surface area contributed by atoms with Crippen LogP contribution in [-0.4, -0.2) is 0 Å². The van der Waals surface area contributed by atoms with Gasteiger partial charge < -0.3 is 10.2 Å². The van der Waals surface area contributed by atoms with Crippen molar-refractivity contribution in [2.75, 3.05) is 10.2 Å². The average Bonchev–Trinajstić information content (AvgIpc) is 3.43. The topological polar surface area (TPSA) is 15.3 Å². The molecule has 0 aliphatic carbocycles. The van der Waals surface area contributed by atoms with Crippen molar-refractivity contribution in [2.24, 2.45) is 0 Å². The molecule has 70 heavy (non-hydrogen) atoms. The molecule has 13 aromatic carbocycles. The Morgan fingerprint density at radius 2 is 0.786 bits per heavy atom. The summed E-state index contributed by atoms with van der Waals surface area (Å²) < 4.78 is 0. The third-order valence-electron chi connectivity index (χ3n) is 13.5. The van der Waals surface area contributed by atoms with E-state index in [1.807, 2.05) is 6.08 Å². The van der Waals surface area contributed by atoms with E-state index in [0.717, 1.165) is 28.4 Å². The van der Waals surface area contributed by atoms with Crippen LogP contribution in [0.2, 0.25) is 0 Å². The molecule has 0 amide bonds. The summed E-state index contributed by atoms with van der Waals surface area (Å²) in [6, 6.07) is 95.9. The number of para-hydroxylation sites is 3. The van der Waals surface area contributed by atoms with Gasteiger partial charge in [0.1, 0.15) is 0 Å². The van der Waals surface area contributed by atoms with E-state index in [-0.39, 0.29) is 0 Å². The van der Waals surface area contributed by atoms with Crippen LogP contribution in [0.5, 0.6) is 0 Å². The van der Waals surface area contributed by atoms with Gasteiger partial charge >= 0.3 is 0 Å². The van der Waals surface area contributed by atoms with Crippen LogP contribution in [0.3, 0.4) is 0 Å². The van der Waals surface area contributed by atoms with Crippen LogP contribution >= 0.6 is 0 Å².